The van der Waals surface area contributed by atoms with Gasteiger partial charge in [0.15, 0.2) is 0 Å². The van der Waals surface area contributed by atoms with E-state index in [1.165, 1.54) is 27.8 Å². The van der Waals surface area contributed by atoms with Gasteiger partial charge in [-0.05, 0) is 66.9 Å². The Morgan fingerprint density at radius 3 is 1.65 bits per heavy atom. The van der Waals surface area contributed by atoms with Gasteiger partial charge in [-0.15, -0.1) is 0 Å². The third-order valence-corrected chi connectivity index (χ3v) is 6.15. The van der Waals surface area contributed by atoms with E-state index in [9.17, 15) is 4.79 Å². The van der Waals surface area contributed by atoms with E-state index >= 15 is 0 Å². The van der Waals surface area contributed by atoms with Crippen LogP contribution in [0.15, 0.2) is 91.0 Å². The van der Waals surface area contributed by atoms with Crippen LogP contribution in [0, 0.1) is 0 Å². The number of nitrogens with zero attached hydrogens (tertiary/aromatic N) is 2. The summed E-state index contributed by atoms with van der Waals surface area (Å²) in [6.07, 6.45) is 4.53. The Morgan fingerprint density at radius 2 is 1.20 bits per heavy atom. The highest BCUT2D eigenvalue weighted by molar-refractivity contribution is 6.27. The number of amides is 1. The van der Waals surface area contributed by atoms with Crippen LogP contribution in [-0.2, 0) is 14.4 Å². The molecule has 0 heterocycles. The second kappa shape index (κ2) is 16.5. The number of benzene rings is 3. The molecule has 0 saturated heterocycles. The minimum absolute atomic E-state index is 0.0515. The molecule has 7 heteroatoms. The maximum absolute atomic E-state index is 12.6. The van der Waals surface area contributed by atoms with Crippen LogP contribution in [0.4, 0.5) is 0 Å². The van der Waals surface area contributed by atoms with E-state index in [2.05, 4.69) is 96.8 Å². The van der Waals surface area contributed by atoms with Crippen LogP contribution in [0.1, 0.15) is 42.5 Å². The van der Waals surface area contributed by atoms with Crippen molar-refractivity contribution in [2.45, 2.75) is 20.3 Å². The van der Waals surface area contributed by atoms with Crippen molar-refractivity contribution in [2.24, 2.45) is 0 Å². The van der Waals surface area contributed by atoms with Crippen molar-refractivity contribution < 1.29 is 24.6 Å². The fraction of sp³-hybridized carbons (Fsp3) is 0.242. The van der Waals surface area contributed by atoms with Gasteiger partial charge in [-0.2, -0.15) is 0 Å². The van der Waals surface area contributed by atoms with Gasteiger partial charge in [0.05, 0.1) is 0 Å². The lowest BCUT2D eigenvalue weighted by molar-refractivity contribution is -0.159. The van der Waals surface area contributed by atoms with Gasteiger partial charge in [0.25, 0.3) is 0 Å². The lowest BCUT2D eigenvalue weighted by atomic mass is 9.88. The molecule has 1 amide bonds. The number of hydrogen-bond acceptors (Lipinski definition) is 4. The summed E-state index contributed by atoms with van der Waals surface area (Å²) >= 11 is 0. The smallest absolute Gasteiger partial charge is 0.414 e. The fourth-order valence-electron chi connectivity index (χ4n) is 4.06. The number of carbonyl (C=O) groups is 3. The molecule has 2 N–H and O–H groups in total. The average molecular weight is 543 g/mol. The van der Waals surface area contributed by atoms with Crippen LogP contribution >= 0.6 is 0 Å². The summed E-state index contributed by atoms with van der Waals surface area (Å²) in [7, 11) is 4.05. The topological polar surface area (TPSA) is 98.2 Å². The molecule has 3 aromatic rings. The van der Waals surface area contributed by atoms with E-state index in [4.69, 9.17) is 19.8 Å². The first-order valence-corrected chi connectivity index (χ1v) is 13.2. The molecular weight excluding hydrogens is 504 g/mol. The van der Waals surface area contributed by atoms with Crippen molar-refractivity contribution in [3.8, 4) is 0 Å². The molecule has 0 aliphatic carbocycles. The van der Waals surface area contributed by atoms with Gasteiger partial charge in [-0.3, -0.25) is 4.79 Å². The van der Waals surface area contributed by atoms with Crippen LogP contribution < -0.4 is 0 Å². The summed E-state index contributed by atoms with van der Waals surface area (Å²) in [4.78, 5) is 34.8. The summed E-state index contributed by atoms with van der Waals surface area (Å²) in [5.74, 6) is -3.60. The maximum Gasteiger partial charge on any atom is 0.414 e. The normalized spacial score (nSPS) is 11.4. The molecule has 210 valence electrons. The molecule has 3 rings (SSSR count). The maximum atomic E-state index is 12.6. The van der Waals surface area contributed by atoms with E-state index in [1.54, 1.807) is 6.08 Å². The molecule has 7 nitrogen and oxygen atoms in total. The highest BCUT2D eigenvalue weighted by Crippen LogP contribution is 2.34. The van der Waals surface area contributed by atoms with Gasteiger partial charge in [0.2, 0.25) is 5.91 Å². The second-order valence-electron chi connectivity index (χ2n) is 9.23. The molecule has 0 radical (unpaired) electrons. The highest BCUT2D eigenvalue weighted by atomic mass is 16.4. The molecule has 3 aromatic carbocycles. The van der Waals surface area contributed by atoms with Crippen molar-refractivity contribution in [1.29, 1.82) is 0 Å². The number of hydrogen-bond donors (Lipinski definition) is 2. The zero-order valence-electron chi connectivity index (χ0n) is 23.6. The van der Waals surface area contributed by atoms with Crippen molar-refractivity contribution >= 4 is 35.1 Å². The number of carboxylic acid groups (broad SMARTS) is 2. The molecule has 0 aliphatic heterocycles. The third kappa shape index (κ3) is 10.0. The predicted molar refractivity (Wildman–Crippen MR) is 161 cm³/mol. The first-order valence-electron chi connectivity index (χ1n) is 13.2. The highest BCUT2D eigenvalue weighted by Gasteiger charge is 2.13. The average Bonchev–Trinajstić information content (AvgIpc) is 2.96. The van der Waals surface area contributed by atoms with Gasteiger partial charge < -0.3 is 20.0 Å². The third-order valence-electron chi connectivity index (χ3n) is 6.15. The monoisotopic (exact) mass is 542 g/mol. The van der Waals surface area contributed by atoms with Gasteiger partial charge in [0, 0.05) is 25.7 Å². The van der Waals surface area contributed by atoms with Crippen LogP contribution in [0.2, 0.25) is 0 Å². The Bertz CT molecular complexity index is 1290. The van der Waals surface area contributed by atoms with Gasteiger partial charge in [-0.25, -0.2) is 9.59 Å². The Kier molecular flexibility index (Phi) is 13.1. The molecule has 0 atom stereocenters. The Labute approximate surface area is 236 Å². The summed E-state index contributed by atoms with van der Waals surface area (Å²) in [6, 6.07) is 29.7. The van der Waals surface area contributed by atoms with Crippen molar-refractivity contribution in [3.05, 3.63) is 113 Å². The first kappa shape index (κ1) is 31.7. The Balaban J connectivity index is 0.000000840. The molecule has 0 bridgehead atoms. The molecule has 0 fully saturated rings. The fourth-order valence-corrected chi connectivity index (χ4v) is 4.06. The summed E-state index contributed by atoms with van der Waals surface area (Å²) < 4.78 is 0. The van der Waals surface area contributed by atoms with E-state index in [1.807, 2.05) is 32.0 Å². The second-order valence-corrected chi connectivity index (χ2v) is 9.23. The van der Waals surface area contributed by atoms with Gasteiger partial charge >= 0.3 is 11.9 Å². The number of aliphatic carboxylic acids is 2. The number of carbonyl (C=O) groups excluding carboxylic acids is 1. The number of carboxylic acids is 2. The van der Waals surface area contributed by atoms with Gasteiger partial charge in [0.1, 0.15) is 0 Å². The largest absolute Gasteiger partial charge is 0.473 e. The Morgan fingerprint density at radius 1 is 0.700 bits per heavy atom. The van der Waals surface area contributed by atoms with Crippen LogP contribution in [0.5, 0.6) is 0 Å². The first-order chi connectivity index (χ1) is 19.2. The molecule has 0 unspecified atom stereocenters. The van der Waals surface area contributed by atoms with Crippen molar-refractivity contribution in [2.75, 3.05) is 33.7 Å². The summed E-state index contributed by atoms with van der Waals surface area (Å²) in [5, 5.41) is 14.8. The van der Waals surface area contributed by atoms with Crippen LogP contribution in [0.25, 0.3) is 17.2 Å². The van der Waals surface area contributed by atoms with Crippen molar-refractivity contribution in [3.63, 3.8) is 0 Å². The zero-order chi connectivity index (χ0) is 29.5. The molecule has 0 aromatic heterocycles. The lowest BCUT2D eigenvalue weighted by Crippen LogP contribution is -2.35. The number of rotatable bonds is 10. The minimum atomic E-state index is -1.82. The zero-order valence-corrected chi connectivity index (χ0v) is 23.6. The lowest BCUT2D eigenvalue weighted by Gasteiger charge is -2.21. The molecule has 0 spiro atoms. The van der Waals surface area contributed by atoms with E-state index in [0.29, 0.717) is 6.54 Å². The SMILES string of the molecule is CCC(=C(c1ccccc1)c1ccc(C=CC(=O)N(CC)CCN(C)C)cc1)c1ccccc1.O=C(O)C(=O)O. The predicted octanol–water partition coefficient (Wildman–Crippen LogP) is 5.63. The molecule has 0 saturated carbocycles. The quantitative estimate of drug-likeness (QED) is 0.196. The standard InChI is InChI=1S/C31H36N2O.C2H2O4/c1-5-29(26-13-9-7-10-14-26)31(27-15-11-8-12-16-27)28-20-17-25(18-21-28)19-22-30(34)33(6-2)24-23-32(3)4;3-1(4)2(5)6/h7-22H,5-6,23-24H2,1-4H3;(H,3,4)(H,5,6). The van der Waals surface area contributed by atoms with E-state index < -0.39 is 11.9 Å². The van der Waals surface area contributed by atoms with Gasteiger partial charge in [-0.1, -0.05) is 91.9 Å². The van der Waals surface area contributed by atoms with Crippen LogP contribution in [-0.4, -0.2) is 71.6 Å². The van der Waals surface area contributed by atoms with E-state index in [-0.39, 0.29) is 5.91 Å². The Hall–Kier alpha value is -4.49. The summed E-state index contributed by atoms with van der Waals surface area (Å²) in [5.41, 5.74) is 7.23. The molecule has 0 aliphatic rings. The number of likely N-dealkylation sites (N-methyl/N-ethyl adjacent to an activating group) is 2. The molecular formula is C33H38N2O5. The number of allylic oxidation sites excluding steroid dienone is 1. The minimum Gasteiger partial charge on any atom is -0.473 e. The van der Waals surface area contributed by atoms with E-state index in [0.717, 1.165) is 25.1 Å². The molecule has 40 heavy (non-hydrogen) atoms. The van der Waals surface area contributed by atoms with Crippen LogP contribution in [0.3, 0.4) is 0 Å². The summed E-state index contributed by atoms with van der Waals surface area (Å²) in [6.45, 7) is 6.53. The van der Waals surface area contributed by atoms with Crippen molar-refractivity contribution in [1.82, 2.24) is 9.80 Å².